The summed E-state index contributed by atoms with van der Waals surface area (Å²) in [4.78, 5) is 13.2. The summed E-state index contributed by atoms with van der Waals surface area (Å²) in [5.41, 5.74) is 1.05. The lowest BCUT2D eigenvalue weighted by molar-refractivity contribution is -0.128. The maximum Gasteiger partial charge on any atom is 0.302 e. The third-order valence-electron chi connectivity index (χ3n) is 3.35. The number of carbonyl (C=O) groups excluding carboxylic acids is 1. The highest BCUT2D eigenvalue weighted by molar-refractivity contribution is 7.86. The van der Waals surface area contributed by atoms with Crippen LogP contribution in [0.5, 0.6) is 0 Å². The van der Waals surface area contributed by atoms with E-state index in [2.05, 4.69) is 0 Å². The van der Waals surface area contributed by atoms with Crippen LogP contribution >= 0.6 is 0 Å². The molecule has 1 amide bonds. The number of hydrogen-bond donors (Lipinski definition) is 0. The summed E-state index contributed by atoms with van der Waals surface area (Å²) < 4.78 is 39.3. The number of nitrogens with zero attached hydrogens (tertiary/aromatic N) is 1. The quantitative estimate of drug-likeness (QED) is 0.563. The zero-order valence-corrected chi connectivity index (χ0v) is 12.4. The molecule has 7 heteroatoms. The highest BCUT2D eigenvalue weighted by Gasteiger charge is 2.32. The molecule has 1 aromatic rings. The average molecular weight is 315 g/mol. The van der Waals surface area contributed by atoms with E-state index in [1.165, 1.54) is 4.90 Å². The predicted molar refractivity (Wildman–Crippen MR) is 75.7 cm³/mol. The maximum absolute atomic E-state index is 12.6. The first kappa shape index (κ1) is 15.9. The molecule has 2 rings (SSSR count). The normalized spacial score (nSPS) is 19.2. The molecule has 1 aliphatic heterocycles. The first-order valence-corrected chi connectivity index (χ1v) is 8.31. The van der Waals surface area contributed by atoms with E-state index in [1.54, 1.807) is 0 Å². The monoisotopic (exact) mass is 315 g/mol. The highest BCUT2D eigenvalue weighted by atomic mass is 32.3. The molecule has 1 unspecified atom stereocenters. The Morgan fingerprint density at radius 1 is 1.29 bits per heavy atom. The third-order valence-corrected chi connectivity index (χ3v) is 4.22. The predicted octanol–water partition coefficient (Wildman–Crippen LogP) is 1.35. The number of hydrogen-bond acceptors (Lipinski definition) is 4. The molecular weight excluding hydrogens is 297 g/mol. The molecule has 0 aromatic heterocycles. The molecule has 1 aromatic carbocycles. The van der Waals surface area contributed by atoms with Gasteiger partial charge in [0.2, 0.25) is 5.91 Å². The Hall–Kier alpha value is -1.47. The van der Waals surface area contributed by atoms with Gasteiger partial charge >= 0.3 is 10.2 Å². The van der Waals surface area contributed by atoms with Crippen molar-refractivity contribution < 1.29 is 21.8 Å². The Bertz CT molecular complexity index is 576. The standard InChI is InChI=1S/C14H18FNO4S/c15-21(18,19)11-13-8-14(17)16(9-13)6-7-20-10-12-4-2-1-3-5-12/h1-5,13H,6-11H2. The van der Waals surface area contributed by atoms with Crippen molar-refractivity contribution in [2.24, 2.45) is 5.92 Å². The molecule has 0 bridgehead atoms. The number of halogens is 1. The molecular formula is C14H18FNO4S. The van der Waals surface area contributed by atoms with Gasteiger partial charge in [-0.2, -0.15) is 8.42 Å². The van der Waals surface area contributed by atoms with Gasteiger partial charge in [-0.05, 0) is 5.56 Å². The fourth-order valence-corrected chi connectivity index (χ4v) is 3.19. The minimum absolute atomic E-state index is 0.0852. The van der Waals surface area contributed by atoms with E-state index in [0.29, 0.717) is 19.8 Å². The molecule has 21 heavy (non-hydrogen) atoms. The van der Waals surface area contributed by atoms with Crippen molar-refractivity contribution in [3.8, 4) is 0 Å². The van der Waals surface area contributed by atoms with Gasteiger partial charge in [0, 0.05) is 25.4 Å². The first-order chi connectivity index (χ1) is 9.94. The topological polar surface area (TPSA) is 63.7 Å². The van der Waals surface area contributed by atoms with E-state index >= 15 is 0 Å². The van der Waals surface area contributed by atoms with Crippen molar-refractivity contribution >= 4 is 16.1 Å². The Balaban J connectivity index is 1.70. The molecule has 1 aliphatic rings. The number of rotatable bonds is 7. The van der Waals surface area contributed by atoms with E-state index in [0.717, 1.165) is 5.56 Å². The van der Waals surface area contributed by atoms with Crippen LogP contribution < -0.4 is 0 Å². The maximum atomic E-state index is 12.6. The van der Waals surface area contributed by atoms with Crippen molar-refractivity contribution in [2.45, 2.75) is 13.0 Å². The summed E-state index contributed by atoms with van der Waals surface area (Å²) in [6.45, 7) is 1.51. The van der Waals surface area contributed by atoms with Crippen molar-refractivity contribution in [3.05, 3.63) is 35.9 Å². The highest BCUT2D eigenvalue weighted by Crippen LogP contribution is 2.19. The second kappa shape index (κ2) is 7.00. The summed E-state index contributed by atoms with van der Waals surface area (Å²) in [6.07, 6.45) is 0.0852. The average Bonchev–Trinajstić information content (AvgIpc) is 2.74. The zero-order chi connectivity index (χ0) is 15.3. The molecule has 1 fully saturated rings. The molecule has 1 heterocycles. The number of likely N-dealkylation sites (tertiary alicyclic amines) is 1. The van der Waals surface area contributed by atoms with E-state index in [4.69, 9.17) is 4.74 Å². The van der Waals surface area contributed by atoms with Crippen molar-refractivity contribution in [2.75, 3.05) is 25.4 Å². The van der Waals surface area contributed by atoms with Gasteiger partial charge in [0.15, 0.2) is 0 Å². The number of ether oxygens (including phenoxy) is 1. The van der Waals surface area contributed by atoms with Gasteiger partial charge in [-0.25, -0.2) is 0 Å². The zero-order valence-electron chi connectivity index (χ0n) is 11.6. The Morgan fingerprint density at radius 3 is 2.67 bits per heavy atom. The van der Waals surface area contributed by atoms with Gasteiger partial charge in [0.25, 0.3) is 0 Å². The third kappa shape index (κ3) is 5.43. The molecule has 0 saturated carbocycles. The molecule has 0 radical (unpaired) electrons. The first-order valence-electron chi connectivity index (χ1n) is 6.76. The van der Waals surface area contributed by atoms with Gasteiger partial charge in [-0.3, -0.25) is 4.79 Å². The summed E-state index contributed by atoms with van der Waals surface area (Å²) >= 11 is 0. The lowest BCUT2D eigenvalue weighted by Gasteiger charge is -2.16. The van der Waals surface area contributed by atoms with Crippen LogP contribution in [0.3, 0.4) is 0 Å². The summed E-state index contributed by atoms with van der Waals surface area (Å²) in [5, 5.41) is 0. The van der Waals surface area contributed by atoms with Crippen molar-refractivity contribution in [1.82, 2.24) is 4.90 Å². The molecule has 5 nitrogen and oxygen atoms in total. The van der Waals surface area contributed by atoms with Crippen LogP contribution in [-0.2, 0) is 26.4 Å². The summed E-state index contributed by atoms with van der Waals surface area (Å²) in [7, 11) is -4.53. The van der Waals surface area contributed by atoms with Gasteiger partial charge in [0.1, 0.15) is 0 Å². The van der Waals surface area contributed by atoms with Crippen LogP contribution in [0, 0.1) is 5.92 Å². The van der Waals surface area contributed by atoms with Crippen LogP contribution in [0.1, 0.15) is 12.0 Å². The second-order valence-electron chi connectivity index (χ2n) is 5.15. The molecule has 1 saturated heterocycles. The van der Waals surface area contributed by atoms with Crippen LogP contribution in [0.25, 0.3) is 0 Å². The second-order valence-corrected chi connectivity index (χ2v) is 6.56. The van der Waals surface area contributed by atoms with E-state index in [1.807, 2.05) is 30.3 Å². The molecule has 0 spiro atoms. The number of amides is 1. The Kier molecular flexibility index (Phi) is 5.30. The van der Waals surface area contributed by atoms with Gasteiger partial charge in [-0.1, -0.05) is 30.3 Å². The Labute approximate surface area is 123 Å². The number of carbonyl (C=O) groups is 1. The van der Waals surface area contributed by atoms with Crippen LogP contribution in [0.15, 0.2) is 30.3 Å². The van der Waals surface area contributed by atoms with Crippen LogP contribution in [-0.4, -0.2) is 44.7 Å². The molecule has 0 aliphatic carbocycles. The minimum Gasteiger partial charge on any atom is -0.375 e. The lowest BCUT2D eigenvalue weighted by atomic mass is 10.1. The van der Waals surface area contributed by atoms with Crippen LogP contribution in [0.4, 0.5) is 3.89 Å². The van der Waals surface area contributed by atoms with Crippen LogP contribution in [0.2, 0.25) is 0 Å². The van der Waals surface area contributed by atoms with Gasteiger partial charge < -0.3 is 9.64 Å². The largest absolute Gasteiger partial charge is 0.375 e. The van der Waals surface area contributed by atoms with Gasteiger partial charge in [0.05, 0.1) is 19.0 Å². The molecule has 0 N–H and O–H groups in total. The fourth-order valence-electron chi connectivity index (χ4n) is 2.40. The van der Waals surface area contributed by atoms with E-state index in [-0.39, 0.29) is 18.9 Å². The molecule has 116 valence electrons. The number of benzene rings is 1. The SMILES string of the molecule is O=C1CC(CS(=O)(=O)F)CN1CCOCc1ccccc1. The summed E-state index contributed by atoms with van der Waals surface area (Å²) in [6, 6.07) is 9.66. The minimum atomic E-state index is -4.53. The fraction of sp³-hybridized carbons (Fsp3) is 0.500. The van der Waals surface area contributed by atoms with E-state index < -0.39 is 21.9 Å². The van der Waals surface area contributed by atoms with E-state index in [9.17, 15) is 17.1 Å². The van der Waals surface area contributed by atoms with Crippen molar-refractivity contribution in [1.29, 1.82) is 0 Å². The smallest absolute Gasteiger partial charge is 0.302 e. The Morgan fingerprint density at radius 2 is 2.00 bits per heavy atom. The lowest BCUT2D eigenvalue weighted by Crippen LogP contribution is -2.29. The molecule has 1 atom stereocenters. The summed E-state index contributed by atoms with van der Waals surface area (Å²) in [5.74, 6) is -1.19. The van der Waals surface area contributed by atoms with Gasteiger partial charge in [-0.15, -0.1) is 3.89 Å². The van der Waals surface area contributed by atoms with Crippen molar-refractivity contribution in [3.63, 3.8) is 0 Å².